The first-order valence-electron chi connectivity index (χ1n) is 12.1. The molecule has 0 bridgehead atoms. The molecule has 0 unspecified atom stereocenters. The van der Waals surface area contributed by atoms with Crippen LogP contribution in [-0.2, 0) is 24.5 Å². The summed E-state index contributed by atoms with van der Waals surface area (Å²) in [5.41, 5.74) is 6.39. The average Bonchev–Trinajstić information content (AvgIpc) is 3.44. The molecule has 0 radical (unpaired) electrons. The lowest BCUT2D eigenvalue weighted by molar-refractivity contribution is -0.137. The summed E-state index contributed by atoms with van der Waals surface area (Å²) in [7, 11) is 2.77. The Bertz CT molecular complexity index is 1490. The molecule has 4 aromatic carbocycles. The number of hydrogen-bond donors (Lipinski definition) is 0. The van der Waals surface area contributed by atoms with Crippen LogP contribution < -0.4 is 0 Å². The van der Waals surface area contributed by atoms with Crippen molar-refractivity contribution in [1.29, 1.82) is 0 Å². The van der Waals surface area contributed by atoms with Gasteiger partial charge in [0.15, 0.2) is 0 Å². The van der Waals surface area contributed by atoms with Crippen LogP contribution in [0.1, 0.15) is 33.4 Å². The van der Waals surface area contributed by atoms with Crippen LogP contribution in [0.15, 0.2) is 120 Å². The minimum Gasteiger partial charge on any atom is -0.466 e. The molecule has 37 heavy (non-hydrogen) atoms. The molecule has 4 heteroatoms. The predicted octanol–water partition coefficient (Wildman–Crippen LogP) is 5.95. The van der Waals surface area contributed by atoms with E-state index in [1.165, 1.54) is 14.2 Å². The highest BCUT2D eigenvalue weighted by Gasteiger charge is 2.59. The molecule has 0 fully saturated rings. The highest BCUT2D eigenvalue weighted by atomic mass is 16.5. The summed E-state index contributed by atoms with van der Waals surface area (Å²) in [5.74, 6) is -0.971. The number of hydrogen-bond acceptors (Lipinski definition) is 4. The van der Waals surface area contributed by atoms with Crippen LogP contribution in [0.25, 0.3) is 11.1 Å². The van der Waals surface area contributed by atoms with Crippen LogP contribution in [0.2, 0.25) is 0 Å². The minimum absolute atomic E-state index is 0.418. The fourth-order valence-corrected chi connectivity index (χ4v) is 6.03. The maximum atomic E-state index is 13.9. The number of carbonyl (C=O) groups excluding carboxylic acids is 2. The maximum Gasteiger partial charge on any atom is 0.336 e. The van der Waals surface area contributed by atoms with Crippen molar-refractivity contribution in [2.45, 2.75) is 5.41 Å². The van der Waals surface area contributed by atoms with Crippen LogP contribution in [0.3, 0.4) is 0 Å². The zero-order valence-electron chi connectivity index (χ0n) is 20.5. The van der Waals surface area contributed by atoms with Gasteiger partial charge in [0.25, 0.3) is 0 Å². The second-order valence-electron chi connectivity index (χ2n) is 9.06. The van der Waals surface area contributed by atoms with E-state index in [0.29, 0.717) is 11.1 Å². The minimum atomic E-state index is -1.20. The van der Waals surface area contributed by atoms with Gasteiger partial charge in [-0.1, -0.05) is 109 Å². The van der Waals surface area contributed by atoms with Gasteiger partial charge in [-0.15, -0.1) is 0 Å². The van der Waals surface area contributed by atoms with Crippen LogP contribution in [0.4, 0.5) is 0 Å². The topological polar surface area (TPSA) is 52.6 Å². The normalized spacial score (nSPS) is 15.0. The van der Waals surface area contributed by atoms with E-state index in [9.17, 15) is 9.59 Å². The lowest BCUT2D eigenvalue weighted by atomic mass is 9.68. The molecule has 2 aliphatic carbocycles. The summed E-state index contributed by atoms with van der Waals surface area (Å²) >= 11 is 0. The first kappa shape index (κ1) is 22.7. The van der Waals surface area contributed by atoms with Crippen molar-refractivity contribution in [3.63, 3.8) is 0 Å². The Labute approximate surface area is 215 Å². The Morgan fingerprint density at radius 2 is 0.865 bits per heavy atom. The predicted molar refractivity (Wildman–Crippen MR) is 143 cm³/mol. The number of carbonyl (C=O) groups is 2. The molecule has 180 valence electrons. The molecule has 4 nitrogen and oxygen atoms in total. The molecule has 0 atom stereocenters. The third kappa shape index (κ3) is 3.09. The summed E-state index contributed by atoms with van der Waals surface area (Å²) in [6.07, 6.45) is 0. The summed E-state index contributed by atoms with van der Waals surface area (Å²) in [6, 6.07) is 35.4. The van der Waals surface area contributed by atoms with Crippen molar-refractivity contribution in [3.8, 4) is 0 Å². The molecule has 6 rings (SSSR count). The molecule has 4 aromatic rings. The van der Waals surface area contributed by atoms with Gasteiger partial charge in [-0.05, 0) is 33.4 Å². The molecular formula is C33H24O4. The van der Waals surface area contributed by atoms with Gasteiger partial charge in [0.2, 0.25) is 0 Å². The quantitative estimate of drug-likeness (QED) is 0.336. The number of rotatable bonds is 4. The fourth-order valence-electron chi connectivity index (χ4n) is 6.03. The Balaban J connectivity index is 1.86. The summed E-state index contributed by atoms with van der Waals surface area (Å²) in [4.78, 5) is 27.8. The van der Waals surface area contributed by atoms with Crippen LogP contribution in [-0.4, -0.2) is 26.2 Å². The highest BCUT2D eigenvalue weighted by Crippen LogP contribution is 2.62. The van der Waals surface area contributed by atoms with Gasteiger partial charge in [0.05, 0.1) is 30.8 Å². The monoisotopic (exact) mass is 484 g/mol. The highest BCUT2D eigenvalue weighted by molar-refractivity contribution is 6.19. The van der Waals surface area contributed by atoms with Gasteiger partial charge < -0.3 is 9.47 Å². The zero-order chi connectivity index (χ0) is 25.6. The fraction of sp³-hybridized carbons (Fsp3) is 0.0909. The lowest BCUT2D eigenvalue weighted by Gasteiger charge is -2.32. The van der Waals surface area contributed by atoms with E-state index in [1.807, 2.05) is 109 Å². The zero-order valence-corrected chi connectivity index (χ0v) is 20.5. The second-order valence-corrected chi connectivity index (χ2v) is 9.06. The van der Waals surface area contributed by atoms with E-state index in [0.717, 1.165) is 44.5 Å². The summed E-state index contributed by atoms with van der Waals surface area (Å²) < 4.78 is 10.9. The van der Waals surface area contributed by atoms with Gasteiger partial charge in [0.1, 0.15) is 0 Å². The average molecular weight is 485 g/mol. The molecule has 0 N–H and O–H groups in total. The molecule has 0 saturated heterocycles. The van der Waals surface area contributed by atoms with Gasteiger partial charge >= 0.3 is 11.9 Å². The Kier molecular flexibility index (Phi) is 5.38. The molecule has 0 saturated carbocycles. The van der Waals surface area contributed by atoms with E-state index in [4.69, 9.17) is 9.47 Å². The smallest absolute Gasteiger partial charge is 0.336 e. The molecule has 0 aromatic heterocycles. The van der Waals surface area contributed by atoms with Crippen molar-refractivity contribution >= 4 is 23.1 Å². The number of fused-ring (bicyclic) bond motifs is 4. The van der Waals surface area contributed by atoms with Crippen molar-refractivity contribution in [1.82, 2.24) is 0 Å². The molecule has 2 aliphatic rings. The van der Waals surface area contributed by atoms with E-state index >= 15 is 0 Å². The molecule has 0 amide bonds. The second kappa shape index (κ2) is 8.75. The van der Waals surface area contributed by atoms with Crippen molar-refractivity contribution < 1.29 is 19.1 Å². The van der Waals surface area contributed by atoms with Crippen molar-refractivity contribution in [2.24, 2.45) is 0 Å². The van der Waals surface area contributed by atoms with E-state index in [-0.39, 0.29) is 0 Å². The van der Waals surface area contributed by atoms with Crippen molar-refractivity contribution in [2.75, 3.05) is 14.2 Å². The van der Waals surface area contributed by atoms with E-state index in [2.05, 4.69) is 0 Å². The van der Waals surface area contributed by atoms with Gasteiger partial charge in [-0.3, -0.25) is 0 Å². The van der Waals surface area contributed by atoms with Crippen LogP contribution >= 0.6 is 0 Å². The molecule has 1 spiro atoms. The van der Waals surface area contributed by atoms with Gasteiger partial charge in [-0.2, -0.15) is 0 Å². The van der Waals surface area contributed by atoms with Crippen molar-refractivity contribution in [3.05, 3.63) is 154 Å². The molecule has 0 heterocycles. The number of ether oxygens (including phenoxy) is 2. The maximum absolute atomic E-state index is 13.9. The SMILES string of the molecule is COC(=O)C1=C(c2ccccc2)c2ccccc2C12C(C(=O)OC)=C(c1ccccc1)c1ccccc12. The molecular weight excluding hydrogens is 460 g/mol. The lowest BCUT2D eigenvalue weighted by Crippen LogP contribution is -2.36. The van der Waals surface area contributed by atoms with Crippen LogP contribution in [0.5, 0.6) is 0 Å². The summed E-state index contributed by atoms with van der Waals surface area (Å²) in [5, 5.41) is 0. The van der Waals surface area contributed by atoms with Crippen LogP contribution in [0, 0.1) is 0 Å². The standard InChI is InChI=1S/C33H24O4/c1-36-31(34)29-27(21-13-5-3-6-14-21)23-17-9-11-19-25(23)33(29)26-20-12-10-18-24(26)28(30(33)32(35)37-2)22-15-7-4-8-16-22/h3-20H,1-2H3. The third-order valence-electron chi connectivity index (χ3n) is 7.35. The largest absolute Gasteiger partial charge is 0.466 e. The Morgan fingerprint density at radius 1 is 0.514 bits per heavy atom. The van der Waals surface area contributed by atoms with Gasteiger partial charge in [0, 0.05) is 11.1 Å². The Hall–Kier alpha value is -4.70. The number of esters is 2. The first-order chi connectivity index (χ1) is 18.1. The van der Waals surface area contributed by atoms with E-state index < -0.39 is 17.4 Å². The Morgan fingerprint density at radius 3 is 1.24 bits per heavy atom. The van der Waals surface area contributed by atoms with Gasteiger partial charge in [-0.25, -0.2) is 9.59 Å². The first-order valence-corrected chi connectivity index (χ1v) is 12.1. The summed E-state index contributed by atoms with van der Waals surface area (Å²) in [6.45, 7) is 0. The molecule has 0 aliphatic heterocycles. The third-order valence-corrected chi connectivity index (χ3v) is 7.35. The number of methoxy groups -OCH3 is 2. The number of benzene rings is 4. The van der Waals surface area contributed by atoms with E-state index in [1.54, 1.807) is 0 Å².